The third-order valence-corrected chi connectivity index (χ3v) is 1.76. The molecule has 1 aromatic heterocycles. The molecule has 2 aromatic rings. The van der Waals surface area contributed by atoms with E-state index in [0.717, 1.165) is 16.5 Å². The minimum atomic E-state index is 0.771. The fourth-order valence-electron chi connectivity index (χ4n) is 1.21. The van der Waals surface area contributed by atoms with Gasteiger partial charge in [0.1, 0.15) is 12.4 Å². The van der Waals surface area contributed by atoms with Gasteiger partial charge in [-0.1, -0.05) is 24.3 Å². The molecule has 2 rings (SSSR count). The number of ether oxygens (including phenoxy) is 1. The van der Waals surface area contributed by atoms with E-state index in [1.165, 1.54) is 0 Å². The van der Waals surface area contributed by atoms with E-state index in [0.29, 0.717) is 0 Å². The van der Waals surface area contributed by atoms with E-state index in [1.54, 1.807) is 20.0 Å². The van der Waals surface area contributed by atoms with Crippen LogP contribution in [0.4, 0.5) is 0 Å². The average Bonchev–Trinajstić information content (AvgIpc) is 2.50. The SMILES string of the molecule is CO[CH]c1occ2ccccc12. The first kappa shape index (κ1) is 7.37. The molecule has 1 radical (unpaired) electrons. The number of methoxy groups -OCH3 is 1. The Hall–Kier alpha value is -1.28. The highest BCUT2D eigenvalue weighted by molar-refractivity contribution is 5.84. The quantitative estimate of drug-likeness (QED) is 0.675. The van der Waals surface area contributed by atoms with Gasteiger partial charge in [-0.3, -0.25) is 0 Å². The third kappa shape index (κ3) is 1.10. The lowest BCUT2D eigenvalue weighted by Crippen LogP contribution is -1.80. The fourth-order valence-corrected chi connectivity index (χ4v) is 1.21. The van der Waals surface area contributed by atoms with E-state index < -0.39 is 0 Å². The Balaban J connectivity index is 2.55. The molecule has 0 unspecified atom stereocenters. The van der Waals surface area contributed by atoms with Crippen LogP contribution in [0.1, 0.15) is 5.76 Å². The highest BCUT2D eigenvalue weighted by atomic mass is 16.5. The summed E-state index contributed by atoms with van der Waals surface area (Å²) in [5, 5.41) is 2.18. The van der Waals surface area contributed by atoms with Crippen molar-refractivity contribution in [1.29, 1.82) is 0 Å². The average molecular weight is 161 g/mol. The standard InChI is InChI=1S/C10H9O2/c1-11-7-10-9-5-3-2-4-8(9)6-12-10/h2-7H,1H3. The van der Waals surface area contributed by atoms with Gasteiger partial charge in [0, 0.05) is 17.9 Å². The Morgan fingerprint density at radius 1 is 1.33 bits per heavy atom. The molecule has 0 fully saturated rings. The van der Waals surface area contributed by atoms with Gasteiger partial charge in [0.05, 0.1) is 6.26 Å². The van der Waals surface area contributed by atoms with E-state index >= 15 is 0 Å². The second-order valence-electron chi connectivity index (χ2n) is 2.54. The van der Waals surface area contributed by atoms with Crippen LogP contribution in [0.15, 0.2) is 34.9 Å². The first-order chi connectivity index (χ1) is 5.92. The normalized spacial score (nSPS) is 10.8. The molecule has 0 aliphatic heterocycles. The number of hydrogen-bond donors (Lipinski definition) is 0. The number of furan rings is 1. The number of fused-ring (bicyclic) bond motifs is 1. The van der Waals surface area contributed by atoms with Crippen LogP contribution in [0.2, 0.25) is 0 Å². The number of hydrogen-bond acceptors (Lipinski definition) is 2. The first-order valence-electron chi connectivity index (χ1n) is 3.74. The van der Waals surface area contributed by atoms with Gasteiger partial charge in [-0.2, -0.15) is 0 Å². The molecule has 0 bridgehead atoms. The van der Waals surface area contributed by atoms with Crippen molar-refractivity contribution in [3.63, 3.8) is 0 Å². The maximum atomic E-state index is 5.27. The van der Waals surface area contributed by atoms with Crippen LogP contribution in [0, 0.1) is 6.61 Å². The summed E-state index contributed by atoms with van der Waals surface area (Å²) in [4.78, 5) is 0. The van der Waals surface area contributed by atoms with E-state index in [2.05, 4.69) is 0 Å². The minimum absolute atomic E-state index is 0.771. The first-order valence-corrected chi connectivity index (χ1v) is 3.74. The van der Waals surface area contributed by atoms with Crippen LogP contribution in [0.5, 0.6) is 0 Å². The van der Waals surface area contributed by atoms with Crippen LogP contribution in [0.3, 0.4) is 0 Å². The zero-order valence-corrected chi connectivity index (χ0v) is 6.78. The summed E-state index contributed by atoms with van der Waals surface area (Å²) in [6, 6.07) is 7.97. The summed E-state index contributed by atoms with van der Waals surface area (Å²) in [6.45, 7) is 1.60. The molecule has 1 aromatic carbocycles. The molecule has 1 heterocycles. The van der Waals surface area contributed by atoms with Gasteiger partial charge in [0.25, 0.3) is 0 Å². The van der Waals surface area contributed by atoms with Crippen LogP contribution in [-0.4, -0.2) is 7.11 Å². The molecule has 0 N–H and O–H groups in total. The molecule has 0 aliphatic carbocycles. The second kappa shape index (κ2) is 2.99. The predicted octanol–water partition coefficient (Wildman–Crippen LogP) is 2.59. The van der Waals surface area contributed by atoms with E-state index in [4.69, 9.17) is 9.15 Å². The minimum Gasteiger partial charge on any atom is -0.465 e. The van der Waals surface area contributed by atoms with Gasteiger partial charge in [-0.25, -0.2) is 0 Å². The molecule has 0 atom stereocenters. The van der Waals surface area contributed by atoms with Crippen LogP contribution in [0.25, 0.3) is 10.8 Å². The molecular weight excluding hydrogens is 152 g/mol. The van der Waals surface area contributed by atoms with E-state index in [9.17, 15) is 0 Å². The summed E-state index contributed by atoms with van der Waals surface area (Å²) in [6.07, 6.45) is 1.72. The summed E-state index contributed by atoms with van der Waals surface area (Å²) < 4.78 is 10.2. The van der Waals surface area contributed by atoms with Crippen molar-refractivity contribution in [3.05, 3.63) is 42.9 Å². The monoisotopic (exact) mass is 161 g/mol. The molecule has 0 saturated carbocycles. The summed E-state index contributed by atoms with van der Waals surface area (Å²) in [5.74, 6) is 0.771. The van der Waals surface area contributed by atoms with E-state index in [1.807, 2.05) is 24.3 Å². The zero-order chi connectivity index (χ0) is 8.39. The Morgan fingerprint density at radius 3 is 3.00 bits per heavy atom. The van der Waals surface area contributed by atoms with E-state index in [-0.39, 0.29) is 0 Å². The highest BCUT2D eigenvalue weighted by Crippen LogP contribution is 2.21. The largest absolute Gasteiger partial charge is 0.465 e. The number of rotatable bonds is 2. The predicted molar refractivity (Wildman–Crippen MR) is 46.6 cm³/mol. The maximum absolute atomic E-state index is 5.27. The molecule has 0 aliphatic rings. The summed E-state index contributed by atoms with van der Waals surface area (Å²) >= 11 is 0. The second-order valence-corrected chi connectivity index (χ2v) is 2.54. The van der Waals surface area contributed by atoms with Crippen molar-refractivity contribution in [2.24, 2.45) is 0 Å². The Labute approximate surface area is 70.8 Å². The molecule has 61 valence electrons. The lowest BCUT2D eigenvalue weighted by molar-refractivity contribution is 0.274. The molecule has 2 nitrogen and oxygen atoms in total. The third-order valence-electron chi connectivity index (χ3n) is 1.76. The van der Waals surface area contributed by atoms with Crippen molar-refractivity contribution >= 4 is 10.8 Å². The maximum Gasteiger partial charge on any atom is 0.149 e. The van der Waals surface area contributed by atoms with Gasteiger partial charge in [-0.15, -0.1) is 0 Å². The lowest BCUT2D eigenvalue weighted by atomic mass is 10.2. The lowest BCUT2D eigenvalue weighted by Gasteiger charge is -1.92. The van der Waals surface area contributed by atoms with Crippen molar-refractivity contribution in [2.75, 3.05) is 7.11 Å². The fraction of sp³-hybridized carbons (Fsp3) is 0.100. The Bertz CT molecular complexity index is 376. The number of benzene rings is 1. The van der Waals surface area contributed by atoms with Gasteiger partial charge in [-0.05, 0) is 0 Å². The summed E-state index contributed by atoms with van der Waals surface area (Å²) in [7, 11) is 1.61. The summed E-state index contributed by atoms with van der Waals surface area (Å²) in [5.41, 5.74) is 0. The van der Waals surface area contributed by atoms with Gasteiger partial charge in [0.15, 0.2) is 0 Å². The molecule has 0 amide bonds. The highest BCUT2D eigenvalue weighted by Gasteiger charge is 2.03. The van der Waals surface area contributed by atoms with Crippen LogP contribution < -0.4 is 0 Å². The van der Waals surface area contributed by atoms with Gasteiger partial charge in [0.2, 0.25) is 0 Å². The van der Waals surface area contributed by atoms with Crippen molar-refractivity contribution in [2.45, 2.75) is 0 Å². The Kier molecular flexibility index (Phi) is 1.84. The molecular formula is C10H9O2. The topological polar surface area (TPSA) is 22.4 Å². The van der Waals surface area contributed by atoms with Crippen molar-refractivity contribution < 1.29 is 9.15 Å². The molecule has 0 spiro atoms. The molecule has 12 heavy (non-hydrogen) atoms. The van der Waals surface area contributed by atoms with Gasteiger partial charge < -0.3 is 9.15 Å². The van der Waals surface area contributed by atoms with Crippen molar-refractivity contribution in [3.8, 4) is 0 Å². The zero-order valence-electron chi connectivity index (χ0n) is 6.78. The molecule has 0 saturated heterocycles. The smallest absolute Gasteiger partial charge is 0.149 e. The van der Waals surface area contributed by atoms with Crippen LogP contribution >= 0.6 is 0 Å². The van der Waals surface area contributed by atoms with Crippen molar-refractivity contribution in [1.82, 2.24) is 0 Å². The van der Waals surface area contributed by atoms with Gasteiger partial charge >= 0.3 is 0 Å². The molecule has 2 heteroatoms. The Morgan fingerprint density at radius 2 is 2.17 bits per heavy atom. The van der Waals surface area contributed by atoms with Crippen LogP contribution in [-0.2, 0) is 4.74 Å².